The molecular weight excluding hydrogens is 601 g/mol. The summed E-state index contributed by atoms with van der Waals surface area (Å²) in [6.07, 6.45) is 0. The van der Waals surface area contributed by atoms with Crippen molar-refractivity contribution in [1.82, 2.24) is 0 Å². The fourth-order valence-corrected chi connectivity index (χ4v) is 8.78. The minimum absolute atomic E-state index is 1.22. The number of fused-ring (bicyclic) bond motifs is 5. The van der Waals surface area contributed by atoms with Crippen LogP contribution in [0.15, 0.2) is 182 Å². The molecule has 0 bridgehead atoms. The lowest BCUT2D eigenvalue weighted by Gasteiger charge is -2.22. The van der Waals surface area contributed by atoms with Crippen molar-refractivity contribution in [2.75, 3.05) is 0 Å². The molecule has 230 valence electrons. The summed E-state index contributed by atoms with van der Waals surface area (Å²) in [6, 6.07) is 67.7. The number of hydrogen-bond acceptors (Lipinski definition) is 0. The maximum Gasteiger partial charge on any atom is -0.00197 e. The first-order valence-corrected chi connectivity index (χ1v) is 17.4. The maximum absolute atomic E-state index is 2.44. The predicted octanol–water partition coefficient (Wildman–Crippen LogP) is 14.2. The predicted molar refractivity (Wildman–Crippen MR) is 216 cm³/mol. The lowest BCUT2D eigenvalue weighted by Crippen LogP contribution is -1.94. The molecule has 0 heterocycles. The molecule has 0 amide bonds. The van der Waals surface area contributed by atoms with Crippen LogP contribution in [0.5, 0.6) is 0 Å². The van der Waals surface area contributed by atoms with Crippen LogP contribution in [-0.4, -0.2) is 0 Å². The Hall–Kier alpha value is -6.50. The fourth-order valence-electron chi connectivity index (χ4n) is 8.78. The summed E-state index contributed by atoms with van der Waals surface area (Å²) < 4.78 is 0. The molecule has 0 saturated heterocycles. The zero-order valence-corrected chi connectivity index (χ0v) is 27.3. The molecule has 0 aliphatic heterocycles. The quantitative estimate of drug-likeness (QED) is 0.135. The molecule has 0 saturated carbocycles. The second-order valence-corrected chi connectivity index (χ2v) is 13.6. The Balaban J connectivity index is 1.34. The molecule has 11 aromatic rings. The van der Waals surface area contributed by atoms with Gasteiger partial charge in [-0.1, -0.05) is 170 Å². The topological polar surface area (TPSA) is 0 Å². The molecule has 0 atom stereocenters. The van der Waals surface area contributed by atoms with Crippen LogP contribution in [0.4, 0.5) is 0 Å². The van der Waals surface area contributed by atoms with Gasteiger partial charge in [0.1, 0.15) is 0 Å². The summed E-state index contributed by atoms with van der Waals surface area (Å²) in [7, 11) is 0. The van der Waals surface area contributed by atoms with Crippen LogP contribution < -0.4 is 0 Å². The molecule has 50 heavy (non-hydrogen) atoms. The van der Waals surface area contributed by atoms with E-state index >= 15 is 0 Å². The van der Waals surface area contributed by atoms with Gasteiger partial charge in [0.05, 0.1) is 0 Å². The first kappa shape index (κ1) is 27.5. The van der Waals surface area contributed by atoms with Crippen molar-refractivity contribution in [1.29, 1.82) is 0 Å². The molecule has 0 spiro atoms. The molecule has 0 nitrogen and oxygen atoms in total. The number of benzene rings is 11. The van der Waals surface area contributed by atoms with Gasteiger partial charge in [-0.15, -0.1) is 0 Å². The lowest BCUT2D eigenvalue weighted by molar-refractivity contribution is 1.64. The minimum atomic E-state index is 1.22. The summed E-state index contributed by atoms with van der Waals surface area (Å²) in [4.78, 5) is 0. The normalized spacial score (nSPS) is 12.0. The average molecular weight is 631 g/mol. The minimum Gasteiger partial charge on any atom is -0.0622 e. The van der Waals surface area contributed by atoms with Crippen LogP contribution in [0.1, 0.15) is 0 Å². The van der Waals surface area contributed by atoms with Gasteiger partial charge in [0, 0.05) is 0 Å². The van der Waals surface area contributed by atoms with Gasteiger partial charge < -0.3 is 0 Å². The summed E-state index contributed by atoms with van der Waals surface area (Å²) in [6.45, 7) is 0. The first-order valence-electron chi connectivity index (χ1n) is 17.4. The van der Waals surface area contributed by atoms with E-state index in [-0.39, 0.29) is 0 Å². The summed E-state index contributed by atoms with van der Waals surface area (Å²) in [5.74, 6) is 0. The third-order valence-electron chi connectivity index (χ3n) is 11.0. The Bertz CT molecular complexity index is 3110. The third-order valence-corrected chi connectivity index (χ3v) is 11.0. The number of hydrogen-bond donors (Lipinski definition) is 0. The Morgan fingerprint density at radius 1 is 0.220 bits per heavy atom. The summed E-state index contributed by atoms with van der Waals surface area (Å²) in [5, 5.41) is 18.1. The van der Waals surface area contributed by atoms with Crippen molar-refractivity contribution >= 4 is 75.4 Å². The largest absolute Gasteiger partial charge is 0.0622 e. The van der Waals surface area contributed by atoms with E-state index in [1.54, 1.807) is 0 Å². The molecule has 0 aliphatic rings. The van der Waals surface area contributed by atoms with Crippen molar-refractivity contribution < 1.29 is 0 Å². The fraction of sp³-hybridized carbons (Fsp3) is 0. The summed E-state index contributed by atoms with van der Waals surface area (Å²) in [5.41, 5.74) is 7.58. The standard InChI is InChI=1S/C50H30/c1-2-11-31(12-3-1)35-25-28-44-46(29-35)50(45-30-36-13-4-5-16-37(36)38-17-6-7-18-39(38)45)41-20-9-8-19-40(41)49(44)43-27-24-34-22-21-32-14-10-15-33-23-26-42(43)48(34)47(32)33/h1-30H. The maximum atomic E-state index is 2.44. The van der Waals surface area contributed by atoms with Crippen molar-refractivity contribution in [3.8, 4) is 33.4 Å². The van der Waals surface area contributed by atoms with Gasteiger partial charge in [-0.3, -0.25) is 0 Å². The van der Waals surface area contributed by atoms with Gasteiger partial charge in [-0.05, 0) is 121 Å². The van der Waals surface area contributed by atoms with Crippen LogP contribution in [0.2, 0.25) is 0 Å². The van der Waals surface area contributed by atoms with Crippen LogP contribution in [0, 0.1) is 0 Å². The Morgan fingerprint density at radius 3 is 1.54 bits per heavy atom. The van der Waals surface area contributed by atoms with E-state index in [1.165, 1.54) is 109 Å². The highest BCUT2D eigenvalue weighted by atomic mass is 14.2. The molecule has 0 aliphatic carbocycles. The van der Waals surface area contributed by atoms with Crippen LogP contribution >= 0.6 is 0 Å². The SMILES string of the molecule is c1ccc(-c2ccc3c(-c4ccc5ccc6cccc7ccc4c5c67)c4ccccc4c(-c4cc5ccccc5c5ccccc45)c3c2)cc1. The van der Waals surface area contributed by atoms with E-state index in [0.29, 0.717) is 0 Å². The molecule has 0 unspecified atom stereocenters. The van der Waals surface area contributed by atoms with E-state index in [9.17, 15) is 0 Å². The monoisotopic (exact) mass is 630 g/mol. The second kappa shape index (κ2) is 10.5. The van der Waals surface area contributed by atoms with Crippen LogP contribution in [0.25, 0.3) is 109 Å². The van der Waals surface area contributed by atoms with Gasteiger partial charge >= 0.3 is 0 Å². The van der Waals surface area contributed by atoms with Crippen molar-refractivity contribution in [2.45, 2.75) is 0 Å². The molecule has 0 fully saturated rings. The third kappa shape index (κ3) is 3.88. The van der Waals surface area contributed by atoms with Gasteiger partial charge in [0.15, 0.2) is 0 Å². The van der Waals surface area contributed by atoms with Crippen LogP contribution in [-0.2, 0) is 0 Å². The van der Waals surface area contributed by atoms with Crippen molar-refractivity contribution in [2.24, 2.45) is 0 Å². The highest BCUT2D eigenvalue weighted by molar-refractivity contribution is 6.31. The molecule has 0 heteroatoms. The van der Waals surface area contributed by atoms with E-state index in [4.69, 9.17) is 0 Å². The molecule has 0 radical (unpaired) electrons. The first-order chi connectivity index (χ1) is 24.8. The number of rotatable bonds is 3. The van der Waals surface area contributed by atoms with Crippen molar-refractivity contribution in [3.63, 3.8) is 0 Å². The van der Waals surface area contributed by atoms with E-state index in [0.717, 1.165) is 0 Å². The Labute approximate surface area is 289 Å². The van der Waals surface area contributed by atoms with Crippen LogP contribution in [0.3, 0.4) is 0 Å². The highest BCUT2D eigenvalue weighted by Gasteiger charge is 2.21. The average Bonchev–Trinajstić information content (AvgIpc) is 3.19. The van der Waals surface area contributed by atoms with E-state index in [1.807, 2.05) is 0 Å². The highest BCUT2D eigenvalue weighted by Crippen LogP contribution is 2.49. The van der Waals surface area contributed by atoms with Gasteiger partial charge in [-0.25, -0.2) is 0 Å². The van der Waals surface area contributed by atoms with Gasteiger partial charge in [-0.2, -0.15) is 0 Å². The second-order valence-electron chi connectivity index (χ2n) is 13.6. The molecular formula is C50H30. The van der Waals surface area contributed by atoms with Gasteiger partial charge in [0.25, 0.3) is 0 Å². The van der Waals surface area contributed by atoms with E-state index in [2.05, 4.69) is 182 Å². The zero-order chi connectivity index (χ0) is 32.8. The zero-order valence-electron chi connectivity index (χ0n) is 27.3. The Kier molecular flexibility index (Phi) is 5.76. The smallest absolute Gasteiger partial charge is 0.00197 e. The molecule has 0 aromatic heterocycles. The molecule has 11 rings (SSSR count). The summed E-state index contributed by atoms with van der Waals surface area (Å²) >= 11 is 0. The van der Waals surface area contributed by atoms with E-state index < -0.39 is 0 Å². The van der Waals surface area contributed by atoms with Gasteiger partial charge in [0.2, 0.25) is 0 Å². The Morgan fingerprint density at radius 2 is 0.760 bits per heavy atom. The molecule has 11 aromatic carbocycles. The lowest BCUT2D eigenvalue weighted by atomic mass is 9.81. The van der Waals surface area contributed by atoms with Crippen molar-refractivity contribution in [3.05, 3.63) is 182 Å². The molecule has 0 N–H and O–H groups in total.